The fourth-order valence-electron chi connectivity index (χ4n) is 0.982. The highest BCUT2D eigenvalue weighted by atomic mass is 35.5. The van der Waals surface area contributed by atoms with Crippen LogP contribution in [0.25, 0.3) is 5.65 Å². The summed E-state index contributed by atoms with van der Waals surface area (Å²) < 4.78 is 1.40. The van der Waals surface area contributed by atoms with Gasteiger partial charge in [0.2, 0.25) is 5.95 Å². The van der Waals surface area contributed by atoms with Crippen LogP contribution in [0.3, 0.4) is 0 Å². The summed E-state index contributed by atoms with van der Waals surface area (Å²) in [6.45, 7) is 1.75. The molecule has 2 heterocycles. The lowest BCUT2D eigenvalue weighted by Crippen LogP contribution is -2.04. The summed E-state index contributed by atoms with van der Waals surface area (Å²) in [6.07, 6.45) is 1.49. The molecule has 0 unspecified atom stereocenters. The standard InChI is InChI=1S/C6H6ClN5/c1-3-10-5-4(7)2-9-12(5)6(8)11-3/h2H,1H3,(H2,8,10,11). The van der Waals surface area contributed by atoms with Gasteiger partial charge >= 0.3 is 0 Å². The molecule has 12 heavy (non-hydrogen) atoms. The zero-order chi connectivity index (χ0) is 8.72. The molecule has 0 saturated carbocycles. The highest BCUT2D eigenvalue weighted by Gasteiger charge is 2.06. The van der Waals surface area contributed by atoms with Gasteiger partial charge in [-0.3, -0.25) is 0 Å². The fraction of sp³-hybridized carbons (Fsp3) is 0.167. The largest absolute Gasteiger partial charge is 0.368 e. The van der Waals surface area contributed by atoms with Crippen LogP contribution in [-0.4, -0.2) is 19.6 Å². The first-order valence-electron chi connectivity index (χ1n) is 3.32. The molecule has 0 aliphatic heterocycles. The van der Waals surface area contributed by atoms with Gasteiger partial charge in [0.25, 0.3) is 0 Å². The molecule has 0 aliphatic rings. The maximum absolute atomic E-state index is 5.79. The third-order valence-corrected chi connectivity index (χ3v) is 1.73. The minimum atomic E-state index is 0.296. The minimum absolute atomic E-state index is 0.296. The molecule has 0 radical (unpaired) electrons. The fourth-order valence-corrected chi connectivity index (χ4v) is 1.15. The van der Waals surface area contributed by atoms with Crippen LogP contribution in [0.1, 0.15) is 5.82 Å². The van der Waals surface area contributed by atoms with E-state index in [9.17, 15) is 0 Å². The summed E-state index contributed by atoms with van der Waals surface area (Å²) in [5.41, 5.74) is 6.10. The molecule has 0 fully saturated rings. The average Bonchev–Trinajstić information content (AvgIpc) is 2.33. The van der Waals surface area contributed by atoms with Gasteiger partial charge in [-0.25, -0.2) is 4.98 Å². The molecule has 2 N–H and O–H groups in total. The van der Waals surface area contributed by atoms with E-state index in [1.165, 1.54) is 10.7 Å². The molecule has 2 rings (SSSR count). The number of hydrogen-bond donors (Lipinski definition) is 1. The van der Waals surface area contributed by atoms with Crippen molar-refractivity contribution >= 4 is 23.2 Å². The van der Waals surface area contributed by atoms with E-state index in [-0.39, 0.29) is 0 Å². The third-order valence-electron chi connectivity index (χ3n) is 1.46. The first-order valence-corrected chi connectivity index (χ1v) is 3.69. The maximum atomic E-state index is 5.79. The quantitative estimate of drug-likeness (QED) is 0.652. The highest BCUT2D eigenvalue weighted by Crippen LogP contribution is 2.15. The van der Waals surface area contributed by atoms with E-state index in [1.807, 2.05) is 0 Å². The van der Waals surface area contributed by atoms with Gasteiger partial charge in [0.15, 0.2) is 5.65 Å². The Balaban J connectivity index is 2.92. The Morgan fingerprint density at radius 1 is 1.50 bits per heavy atom. The van der Waals surface area contributed by atoms with Crippen LogP contribution in [0.2, 0.25) is 5.02 Å². The number of fused-ring (bicyclic) bond motifs is 1. The van der Waals surface area contributed by atoms with Crippen molar-refractivity contribution in [3.8, 4) is 0 Å². The van der Waals surface area contributed by atoms with Crippen LogP contribution >= 0.6 is 11.6 Å². The van der Waals surface area contributed by atoms with Crippen LogP contribution in [0, 0.1) is 6.92 Å². The number of aromatic nitrogens is 4. The van der Waals surface area contributed by atoms with Crippen molar-refractivity contribution in [3.63, 3.8) is 0 Å². The van der Waals surface area contributed by atoms with Crippen LogP contribution in [0.4, 0.5) is 5.95 Å². The van der Waals surface area contributed by atoms with E-state index in [1.54, 1.807) is 6.92 Å². The summed E-state index contributed by atoms with van der Waals surface area (Å²) in [4.78, 5) is 8.00. The molecule has 0 spiro atoms. The molecule has 0 aromatic carbocycles. The lowest BCUT2D eigenvalue weighted by molar-refractivity contribution is 0.887. The van der Waals surface area contributed by atoms with Gasteiger partial charge in [0, 0.05) is 0 Å². The maximum Gasteiger partial charge on any atom is 0.224 e. The molecule has 2 aromatic heterocycles. The van der Waals surface area contributed by atoms with Gasteiger partial charge in [0.1, 0.15) is 10.8 Å². The Morgan fingerprint density at radius 2 is 2.25 bits per heavy atom. The molecule has 0 aliphatic carbocycles. The number of nitrogens with zero attached hydrogens (tertiary/aromatic N) is 4. The highest BCUT2D eigenvalue weighted by molar-refractivity contribution is 6.33. The van der Waals surface area contributed by atoms with E-state index >= 15 is 0 Å². The van der Waals surface area contributed by atoms with Crippen LogP contribution < -0.4 is 5.73 Å². The van der Waals surface area contributed by atoms with Crippen molar-refractivity contribution < 1.29 is 0 Å². The Morgan fingerprint density at radius 3 is 3.00 bits per heavy atom. The lowest BCUT2D eigenvalue weighted by atomic mass is 10.6. The van der Waals surface area contributed by atoms with Crippen molar-refractivity contribution in [1.82, 2.24) is 19.6 Å². The zero-order valence-corrected chi connectivity index (χ0v) is 7.08. The van der Waals surface area contributed by atoms with E-state index in [0.29, 0.717) is 22.4 Å². The molecule has 62 valence electrons. The number of hydrogen-bond acceptors (Lipinski definition) is 4. The molecule has 0 bridgehead atoms. The number of nitrogens with two attached hydrogens (primary N) is 1. The van der Waals surface area contributed by atoms with Crippen molar-refractivity contribution in [1.29, 1.82) is 0 Å². The van der Waals surface area contributed by atoms with Crippen molar-refractivity contribution in [2.45, 2.75) is 6.92 Å². The van der Waals surface area contributed by atoms with Crippen LogP contribution in [0.15, 0.2) is 6.20 Å². The molecular weight excluding hydrogens is 178 g/mol. The SMILES string of the molecule is Cc1nc(N)n2ncc(Cl)c2n1. The Kier molecular flexibility index (Phi) is 1.41. The Labute approximate surface area is 73.2 Å². The average molecular weight is 184 g/mol. The van der Waals surface area contributed by atoms with Gasteiger partial charge in [-0.1, -0.05) is 11.6 Å². The first kappa shape index (κ1) is 7.30. The van der Waals surface area contributed by atoms with Crippen molar-refractivity contribution in [2.75, 3.05) is 5.73 Å². The minimum Gasteiger partial charge on any atom is -0.368 e. The Bertz CT molecular complexity index is 435. The van der Waals surface area contributed by atoms with E-state index in [4.69, 9.17) is 17.3 Å². The molecule has 0 saturated heterocycles. The normalized spacial score (nSPS) is 10.8. The monoisotopic (exact) mass is 183 g/mol. The summed E-state index contributed by atoms with van der Waals surface area (Å²) in [7, 11) is 0. The van der Waals surface area contributed by atoms with Gasteiger partial charge in [-0.15, -0.1) is 0 Å². The molecule has 5 nitrogen and oxygen atoms in total. The van der Waals surface area contributed by atoms with E-state index in [0.717, 1.165) is 0 Å². The lowest BCUT2D eigenvalue weighted by Gasteiger charge is -1.97. The van der Waals surface area contributed by atoms with Gasteiger partial charge in [-0.2, -0.15) is 14.6 Å². The number of halogens is 1. The van der Waals surface area contributed by atoms with E-state index < -0.39 is 0 Å². The summed E-state index contributed by atoms with van der Waals surface area (Å²) in [5.74, 6) is 0.881. The van der Waals surface area contributed by atoms with Gasteiger partial charge in [0.05, 0.1) is 6.20 Å². The van der Waals surface area contributed by atoms with Gasteiger partial charge < -0.3 is 5.73 Å². The smallest absolute Gasteiger partial charge is 0.224 e. The van der Waals surface area contributed by atoms with Gasteiger partial charge in [-0.05, 0) is 6.92 Å². The van der Waals surface area contributed by atoms with Crippen LogP contribution in [-0.2, 0) is 0 Å². The summed E-state index contributed by atoms with van der Waals surface area (Å²) >= 11 is 5.79. The molecule has 0 atom stereocenters. The predicted molar refractivity (Wildman–Crippen MR) is 44.9 cm³/mol. The molecule has 0 amide bonds. The van der Waals surface area contributed by atoms with Crippen molar-refractivity contribution in [3.05, 3.63) is 17.0 Å². The zero-order valence-electron chi connectivity index (χ0n) is 6.32. The molecular formula is C6H6ClN5. The number of anilines is 1. The summed E-state index contributed by atoms with van der Waals surface area (Å²) in [5, 5.41) is 4.37. The first-order chi connectivity index (χ1) is 5.68. The Hall–Kier alpha value is -1.36. The molecule has 6 heteroatoms. The predicted octanol–water partition coefficient (Wildman–Crippen LogP) is 0.668. The number of aryl methyl sites for hydroxylation is 1. The second-order valence-electron chi connectivity index (χ2n) is 2.36. The topological polar surface area (TPSA) is 69.1 Å². The second-order valence-corrected chi connectivity index (χ2v) is 2.76. The molecule has 2 aromatic rings. The summed E-state index contributed by atoms with van der Waals surface area (Å²) in [6, 6.07) is 0. The number of nitrogen functional groups attached to an aromatic ring is 1. The number of rotatable bonds is 0. The third kappa shape index (κ3) is 0.902. The second kappa shape index (κ2) is 2.31. The van der Waals surface area contributed by atoms with Crippen LogP contribution in [0.5, 0.6) is 0 Å². The van der Waals surface area contributed by atoms with Crippen molar-refractivity contribution in [2.24, 2.45) is 0 Å². The van der Waals surface area contributed by atoms with E-state index in [2.05, 4.69) is 15.1 Å².